The van der Waals surface area contributed by atoms with Gasteiger partial charge >= 0.3 is 0 Å². The first-order valence-electron chi connectivity index (χ1n) is 8.23. The predicted octanol–water partition coefficient (Wildman–Crippen LogP) is -0.00910. The maximum Gasteiger partial charge on any atom is 0.264 e. The number of sulfone groups is 1. The van der Waals surface area contributed by atoms with Crippen molar-refractivity contribution in [2.75, 3.05) is 45.4 Å². The van der Waals surface area contributed by atoms with E-state index in [9.17, 15) is 18.0 Å². The van der Waals surface area contributed by atoms with Crippen LogP contribution in [0.2, 0.25) is 0 Å². The lowest BCUT2D eigenvalue weighted by molar-refractivity contribution is -0.140. The Kier molecular flexibility index (Phi) is 5.66. The molecule has 144 valence electrons. The Bertz CT molecular complexity index is 790. The summed E-state index contributed by atoms with van der Waals surface area (Å²) in [5, 5.41) is 0. The van der Waals surface area contributed by atoms with Crippen LogP contribution >= 0.6 is 11.3 Å². The van der Waals surface area contributed by atoms with Crippen LogP contribution in [0.15, 0.2) is 12.1 Å². The van der Waals surface area contributed by atoms with Crippen LogP contribution in [-0.4, -0.2) is 87.5 Å². The van der Waals surface area contributed by atoms with E-state index in [1.54, 1.807) is 23.0 Å². The number of piperazine rings is 1. The van der Waals surface area contributed by atoms with Gasteiger partial charge in [0, 0.05) is 32.2 Å². The highest BCUT2D eigenvalue weighted by atomic mass is 32.2. The molecule has 2 fully saturated rings. The molecule has 1 aromatic rings. The van der Waals surface area contributed by atoms with Crippen LogP contribution in [0.3, 0.4) is 0 Å². The molecular weight excluding hydrogens is 380 g/mol. The van der Waals surface area contributed by atoms with E-state index in [0.29, 0.717) is 24.6 Å². The maximum absolute atomic E-state index is 12.9. The normalized spacial score (nSPS) is 24.5. The van der Waals surface area contributed by atoms with Crippen molar-refractivity contribution < 1.29 is 27.5 Å². The Hall–Kier alpha value is -1.49. The lowest BCUT2D eigenvalue weighted by atomic mass is 10.0. The van der Waals surface area contributed by atoms with Crippen molar-refractivity contribution in [1.82, 2.24) is 9.80 Å². The van der Waals surface area contributed by atoms with Gasteiger partial charge in [0.25, 0.3) is 5.91 Å². The fraction of sp³-hybridized carbons (Fsp3) is 0.625. The molecule has 3 rings (SSSR count). The average molecular weight is 402 g/mol. The Morgan fingerprint density at radius 2 is 1.77 bits per heavy atom. The van der Waals surface area contributed by atoms with E-state index in [1.165, 1.54) is 18.4 Å². The molecule has 0 bridgehead atoms. The lowest BCUT2D eigenvalue weighted by Gasteiger charge is -2.43. The molecule has 2 saturated heterocycles. The van der Waals surface area contributed by atoms with Gasteiger partial charge in [0.1, 0.15) is 6.61 Å². The highest BCUT2D eigenvalue weighted by molar-refractivity contribution is 7.91. The minimum Gasteiger partial charge on any atom is -0.379 e. The number of ether oxygens (including phenoxy) is 2. The second-order valence-electron chi connectivity index (χ2n) is 6.43. The van der Waals surface area contributed by atoms with Crippen LogP contribution in [0.25, 0.3) is 0 Å². The number of nitrogens with zero attached hydrogens (tertiary/aromatic N) is 2. The topological polar surface area (TPSA) is 93.2 Å². The first-order chi connectivity index (χ1) is 12.4. The zero-order valence-corrected chi connectivity index (χ0v) is 16.3. The molecule has 0 aliphatic carbocycles. The molecule has 0 unspecified atom stereocenters. The number of amides is 2. The van der Waals surface area contributed by atoms with Gasteiger partial charge in [-0.2, -0.15) is 0 Å². The monoisotopic (exact) mass is 402 g/mol. The summed E-state index contributed by atoms with van der Waals surface area (Å²) in [6.07, 6.45) is 0. The minimum atomic E-state index is -3.31. The Balaban J connectivity index is 1.83. The van der Waals surface area contributed by atoms with Gasteiger partial charge in [-0.05, 0) is 12.1 Å². The summed E-state index contributed by atoms with van der Waals surface area (Å²) in [7, 11) is -0.293. The molecule has 3 heterocycles. The molecule has 2 atom stereocenters. The zero-order valence-electron chi connectivity index (χ0n) is 14.7. The van der Waals surface area contributed by atoms with E-state index in [2.05, 4.69) is 0 Å². The molecule has 0 N–H and O–H groups in total. The molecule has 1 aromatic heterocycles. The van der Waals surface area contributed by atoms with Crippen molar-refractivity contribution in [3.05, 3.63) is 21.9 Å². The molecule has 8 nitrogen and oxygen atoms in total. The summed E-state index contributed by atoms with van der Waals surface area (Å²) in [4.78, 5) is 29.8. The third-order valence-electron chi connectivity index (χ3n) is 4.68. The standard InChI is InChI=1S/C16H22N2O6S2/c1-23-7-11-3-4-14(25-11)16(20)18-6-5-17(15(19)8-24-2)12-9-26(21,22)10-13(12)18/h3-4,12-13H,5-10H2,1-2H3/t12-,13+/m1/s1. The Labute approximate surface area is 156 Å². The Morgan fingerprint density at radius 1 is 1.12 bits per heavy atom. The number of carbonyl (C=O) groups excluding carboxylic acids is 2. The summed E-state index contributed by atoms with van der Waals surface area (Å²) >= 11 is 1.34. The number of hydrogen-bond donors (Lipinski definition) is 0. The molecule has 2 aliphatic heterocycles. The van der Waals surface area contributed by atoms with E-state index in [0.717, 1.165) is 4.88 Å². The van der Waals surface area contributed by atoms with E-state index >= 15 is 0 Å². The number of fused-ring (bicyclic) bond motifs is 1. The largest absolute Gasteiger partial charge is 0.379 e. The number of rotatable bonds is 5. The van der Waals surface area contributed by atoms with Crippen LogP contribution < -0.4 is 0 Å². The van der Waals surface area contributed by atoms with Crippen LogP contribution in [0.1, 0.15) is 14.5 Å². The average Bonchev–Trinajstić information content (AvgIpc) is 3.16. The van der Waals surface area contributed by atoms with Crippen molar-refractivity contribution in [2.24, 2.45) is 0 Å². The summed E-state index contributed by atoms with van der Waals surface area (Å²) in [6, 6.07) is 2.54. The maximum atomic E-state index is 12.9. The smallest absolute Gasteiger partial charge is 0.264 e. The molecule has 26 heavy (non-hydrogen) atoms. The SMILES string of the molecule is COCC(=O)N1CCN(C(=O)c2ccc(COC)s2)[C@H]2CS(=O)(=O)C[C@H]21. The van der Waals surface area contributed by atoms with Crippen molar-refractivity contribution in [2.45, 2.75) is 18.7 Å². The first kappa shape index (κ1) is 19.3. The van der Waals surface area contributed by atoms with Crippen molar-refractivity contribution in [1.29, 1.82) is 0 Å². The van der Waals surface area contributed by atoms with Gasteiger partial charge in [-0.25, -0.2) is 8.42 Å². The second kappa shape index (κ2) is 7.63. The molecule has 0 aromatic carbocycles. The Morgan fingerprint density at radius 3 is 2.42 bits per heavy atom. The van der Waals surface area contributed by atoms with Crippen LogP contribution in [0.4, 0.5) is 0 Å². The molecule has 0 saturated carbocycles. The summed E-state index contributed by atoms with van der Waals surface area (Å²) in [5.41, 5.74) is 0. The summed E-state index contributed by atoms with van der Waals surface area (Å²) in [6.45, 7) is 0.948. The third-order valence-corrected chi connectivity index (χ3v) is 7.43. The third kappa shape index (κ3) is 3.78. The number of hydrogen-bond acceptors (Lipinski definition) is 7. The summed E-state index contributed by atoms with van der Waals surface area (Å²) in [5.74, 6) is -0.666. The first-order valence-corrected chi connectivity index (χ1v) is 10.9. The fourth-order valence-corrected chi connectivity index (χ4v) is 6.49. The number of thiophene rings is 1. The molecule has 0 spiro atoms. The van der Waals surface area contributed by atoms with Gasteiger partial charge in [-0.1, -0.05) is 0 Å². The minimum absolute atomic E-state index is 0.0947. The molecule has 2 amide bonds. The fourth-order valence-electron chi connectivity index (χ4n) is 3.58. The van der Waals surface area contributed by atoms with Crippen LogP contribution in [-0.2, 0) is 30.7 Å². The van der Waals surface area contributed by atoms with Crippen molar-refractivity contribution in [3.8, 4) is 0 Å². The van der Waals surface area contributed by atoms with Gasteiger partial charge in [-0.3, -0.25) is 9.59 Å². The van der Waals surface area contributed by atoms with E-state index < -0.39 is 21.9 Å². The molecular formula is C16H22N2O6S2. The quantitative estimate of drug-likeness (QED) is 0.688. The van der Waals surface area contributed by atoms with Crippen LogP contribution in [0.5, 0.6) is 0 Å². The van der Waals surface area contributed by atoms with E-state index in [-0.39, 0.29) is 29.9 Å². The van der Waals surface area contributed by atoms with Gasteiger partial charge < -0.3 is 19.3 Å². The van der Waals surface area contributed by atoms with Gasteiger partial charge in [0.2, 0.25) is 5.91 Å². The predicted molar refractivity (Wildman–Crippen MR) is 95.9 cm³/mol. The zero-order chi connectivity index (χ0) is 18.9. The van der Waals surface area contributed by atoms with Gasteiger partial charge in [-0.15, -0.1) is 11.3 Å². The summed E-state index contributed by atoms with van der Waals surface area (Å²) < 4.78 is 34.4. The number of methoxy groups -OCH3 is 2. The van der Waals surface area contributed by atoms with E-state index in [4.69, 9.17) is 9.47 Å². The highest BCUT2D eigenvalue weighted by Crippen LogP contribution is 2.29. The lowest BCUT2D eigenvalue weighted by Crippen LogP contribution is -2.62. The van der Waals surface area contributed by atoms with Gasteiger partial charge in [0.05, 0.1) is 35.1 Å². The van der Waals surface area contributed by atoms with E-state index in [1.807, 2.05) is 6.07 Å². The number of carbonyl (C=O) groups is 2. The van der Waals surface area contributed by atoms with Crippen LogP contribution in [0, 0.1) is 0 Å². The van der Waals surface area contributed by atoms with Crippen molar-refractivity contribution in [3.63, 3.8) is 0 Å². The molecule has 10 heteroatoms. The van der Waals surface area contributed by atoms with Gasteiger partial charge in [0.15, 0.2) is 9.84 Å². The highest BCUT2D eigenvalue weighted by Gasteiger charge is 2.49. The van der Waals surface area contributed by atoms with Crippen molar-refractivity contribution >= 4 is 33.0 Å². The second-order valence-corrected chi connectivity index (χ2v) is 9.75. The molecule has 0 radical (unpaired) electrons. The molecule has 2 aliphatic rings.